The van der Waals surface area contributed by atoms with E-state index in [-0.39, 0.29) is 5.41 Å². The van der Waals surface area contributed by atoms with Gasteiger partial charge in [0.05, 0.1) is 6.67 Å². The van der Waals surface area contributed by atoms with Crippen LogP contribution < -0.4 is 0 Å². The number of rotatable bonds is 4. The van der Waals surface area contributed by atoms with Crippen LogP contribution in [0.25, 0.3) is 0 Å². The van der Waals surface area contributed by atoms with E-state index in [0.29, 0.717) is 11.4 Å². The van der Waals surface area contributed by atoms with Gasteiger partial charge < -0.3 is 0 Å². The highest BCUT2D eigenvalue weighted by Crippen LogP contribution is 2.18. The molecule has 4 nitrogen and oxygen atoms in total. The number of hydrogen-bond acceptors (Lipinski definition) is 3. The van der Waals surface area contributed by atoms with E-state index in [2.05, 4.69) is 83.0 Å². The monoisotopic (exact) mass is 368 g/mol. The normalized spacial score (nSPS) is 12.1. The molecule has 0 bridgehead atoms. The first-order valence-corrected chi connectivity index (χ1v) is 8.06. The van der Waals surface area contributed by atoms with Gasteiger partial charge in [0.1, 0.15) is 5.82 Å². The molecule has 1 heterocycles. The van der Waals surface area contributed by atoms with E-state index in [1.165, 1.54) is 5.56 Å². The second-order valence-electron chi connectivity index (χ2n) is 6.31. The fraction of sp³-hybridized carbons (Fsp3) is 0.467. The van der Waals surface area contributed by atoms with Crippen molar-refractivity contribution < 1.29 is 0 Å². The van der Waals surface area contributed by atoms with Gasteiger partial charge in [0.25, 0.3) is 0 Å². The molecule has 2 aromatic rings. The summed E-state index contributed by atoms with van der Waals surface area (Å²) in [7, 11) is 2.07. The van der Waals surface area contributed by atoms with Crippen molar-refractivity contribution >= 4 is 28.1 Å². The van der Waals surface area contributed by atoms with Gasteiger partial charge in [0.2, 0.25) is 4.77 Å². The number of hydrogen-bond donors (Lipinski definition) is 1. The maximum Gasteiger partial charge on any atom is 0.217 e. The van der Waals surface area contributed by atoms with E-state index in [9.17, 15) is 0 Å². The van der Waals surface area contributed by atoms with Crippen molar-refractivity contribution in [1.82, 2.24) is 19.7 Å². The molecule has 21 heavy (non-hydrogen) atoms. The van der Waals surface area contributed by atoms with Crippen LogP contribution in [0.1, 0.15) is 32.2 Å². The summed E-state index contributed by atoms with van der Waals surface area (Å²) in [5.41, 5.74) is 1.24. The van der Waals surface area contributed by atoms with Gasteiger partial charge in [-0.1, -0.05) is 48.8 Å². The van der Waals surface area contributed by atoms with Gasteiger partial charge >= 0.3 is 0 Å². The smallest absolute Gasteiger partial charge is 0.217 e. The predicted octanol–water partition coefficient (Wildman–Crippen LogP) is 4.09. The Labute approximate surface area is 139 Å². The molecular weight excluding hydrogens is 348 g/mol. The average Bonchev–Trinajstić information content (AvgIpc) is 2.74. The topological polar surface area (TPSA) is 36.9 Å². The van der Waals surface area contributed by atoms with Crippen LogP contribution in [0.2, 0.25) is 0 Å². The molecule has 1 N–H and O–H groups in total. The minimum atomic E-state index is -0.0247. The number of benzene rings is 1. The molecule has 2 rings (SSSR count). The van der Waals surface area contributed by atoms with Crippen LogP contribution in [0.4, 0.5) is 0 Å². The minimum Gasteiger partial charge on any atom is -0.283 e. The molecule has 6 heteroatoms. The molecule has 0 saturated heterocycles. The quantitative estimate of drug-likeness (QED) is 0.825. The van der Waals surface area contributed by atoms with Crippen molar-refractivity contribution in [3.63, 3.8) is 0 Å². The third kappa shape index (κ3) is 4.49. The number of H-pyrrole nitrogens is 1. The lowest BCUT2D eigenvalue weighted by molar-refractivity contribution is 0.243. The van der Waals surface area contributed by atoms with E-state index >= 15 is 0 Å². The van der Waals surface area contributed by atoms with Crippen LogP contribution in [-0.4, -0.2) is 26.7 Å². The summed E-state index contributed by atoms with van der Waals surface area (Å²) in [5, 5.41) is 3.30. The van der Waals surface area contributed by atoms with E-state index in [1.807, 2.05) is 4.68 Å². The molecule has 1 aromatic heterocycles. The van der Waals surface area contributed by atoms with Gasteiger partial charge in [-0.15, -0.1) is 0 Å². The predicted molar refractivity (Wildman–Crippen MR) is 91.7 cm³/mol. The zero-order valence-corrected chi connectivity index (χ0v) is 15.3. The van der Waals surface area contributed by atoms with E-state index in [4.69, 9.17) is 12.2 Å². The third-order valence-corrected chi connectivity index (χ3v) is 3.98. The van der Waals surface area contributed by atoms with E-state index < -0.39 is 0 Å². The average molecular weight is 369 g/mol. The Bertz CT molecular complexity index is 652. The largest absolute Gasteiger partial charge is 0.283 e. The Hall–Kier alpha value is -0.980. The molecule has 0 unspecified atom stereocenters. The minimum absolute atomic E-state index is 0.0247. The molecule has 0 fully saturated rings. The molecular formula is C15H21BrN4S. The third-order valence-electron chi connectivity index (χ3n) is 3.14. The van der Waals surface area contributed by atoms with Gasteiger partial charge in [0, 0.05) is 16.4 Å². The van der Waals surface area contributed by atoms with Crippen molar-refractivity contribution in [3.8, 4) is 0 Å². The molecule has 0 saturated carbocycles. The zero-order valence-electron chi connectivity index (χ0n) is 12.9. The Kier molecular flexibility index (Phi) is 5.01. The summed E-state index contributed by atoms with van der Waals surface area (Å²) in [5.74, 6) is 0.921. The van der Waals surface area contributed by atoms with Crippen molar-refractivity contribution in [2.24, 2.45) is 0 Å². The highest BCUT2D eigenvalue weighted by Gasteiger charge is 2.18. The molecule has 0 spiro atoms. The second kappa shape index (κ2) is 6.42. The fourth-order valence-corrected chi connectivity index (χ4v) is 2.44. The lowest BCUT2D eigenvalue weighted by atomic mass is 9.96. The molecule has 0 atom stereocenters. The molecule has 0 radical (unpaired) electrons. The summed E-state index contributed by atoms with van der Waals surface area (Å²) < 4.78 is 3.61. The highest BCUT2D eigenvalue weighted by molar-refractivity contribution is 9.10. The summed E-state index contributed by atoms with van der Waals surface area (Å²) in [6.07, 6.45) is 0. The number of nitrogens with one attached hydrogen (secondary N) is 1. The summed E-state index contributed by atoms with van der Waals surface area (Å²) in [6, 6.07) is 8.35. The first-order valence-electron chi connectivity index (χ1n) is 6.86. The van der Waals surface area contributed by atoms with Crippen molar-refractivity contribution in [3.05, 3.63) is 44.9 Å². The molecule has 0 amide bonds. The van der Waals surface area contributed by atoms with Gasteiger partial charge in [-0.2, -0.15) is 0 Å². The standard InChI is InChI=1S/C15H21BrN4S/c1-15(2,3)13-17-14(21)20(18-13)10-19(4)9-11-5-7-12(16)8-6-11/h5-8H,9-10H2,1-4H3,(H,17,18,21). The molecule has 114 valence electrons. The van der Waals surface area contributed by atoms with Gasteiger partial charge in [-0.05, 0) is 37.0 Å². The Morgan fingerprint density at radius 2 is 1.90 bits per heavy atom. The Morgan fingerprint density at radius 3 is 2.43 bits per heavy atom. The van der Waals surface area contributed by atoms with Crippen molar-refractivity contribution in [2.75, 3.05) is 7.05 Å². The van der Waals surface area contributed by atoms with Gasteiger partial charge in [-0.3, -0.25) is 10.00 Å². The first-order chi connectivity index (χ1) is 9.75. The molecule has 1 aromatic carbocycles. The number of aromatic amines is 1. The lowest BCUT2D eigenvalue weighted by Crippen LogP contribution is -2.23. The summed E-state index contributed by atoms with van der Waals surface area (Å²) in [4.78, 5) is 6.64. The Balaban J connectivity index is 2.06. The zero-order chi connectivity index (χ0) is 15.6. The Morgan fingerprint density at radius 1 is 1.29 bits per heavy atom. The highest BCUT2D eigenvalue weighted by atomic mass is 79.9. The van der Waals surface area contributed by atoms with Gasteiger partial charge in [0.15, 0.2) is 0 Å². The van der Waals surface area contributed by atoms with Crippen LogP contribution >= 0.6 is 28.1 Å². The summed E-state index contributed by atoms with van der Waals surface area (Å²) in [6.45, 7) is 7.92. The van der Waals surface area contributed by atoms with Gasteiger partial charge in [-0.25, -0.2) is 9.67 Å². The molecule has 0 aliphatic carbocycles. The van der Waals surface area contributed by atoms with Crippen LogP contribution in [0.3, 0.4) is 0 Å². The molecule has 0 aliphatic heterocycles. The second-order valence-corrected chi connectivity index (χ2v) is 7.60. The van der Waals surface area contributed by atoms with Crippen LogP contribution in [0.5, 0.6) is 0 Å². The first kappa shape index (κ1) is 16.4. The fourth-order valence-electron chi connectivity index (χ4n) is 1.98. The number of aromatic nitrogens is 3. The number of halogens is 1. The van der Waals surface area contributed by atoms with Crippen LogP contribution in [-0.2, 0) is 18.6 Å². The maximum atomic E-state index is 5.33. The SMILES string of the molecule is CN(Cc1ccc(Br)cc1)Cn1[nH]c(C(C)(C)C)nc1=S. The maximum absolute atomic E-state index is 5.33. The summed E-state index contributed by atoms with van der Waals surface area (Å²) >= 11 is 8.78. The van der Waals surface area contributed by atoms with E-state index in [1.54, 1.807) is 0 Å². The number of nitrogens with zero attached hydrogens (tertiary/aromatic N) is 3. The van der Waals surface area contributed by atoms with Crippen molar-refractivity contribution in [2.45, 2.75) is 39.4 Å². The van der Waals surface area contributed by atoms with Crippen molar-refractivity contribution in [1.29, 1.82) is 0 Å². The lowest BCUT2D eigenvalue weighted by Gasteiger charge is -2.18. The van der Waals surface area contributed by atoms with Crippen LogP contribution in [0, 0.1) is 4.77 Å². The van der Waals surface area contributed by atoms with E-state index in [0.717, 1.165) is 16.8 Å². The molecule has 0 aliphatic rings. The van der Waals surface area contributed by atoms with Crippen LogP contribution in [0.15, 0.2) is 28.7 Å².